The Morgan fingerprint density at radius 3 is 2.38 bits per heavy atom. The van der Waals surface area contributed by atoms with E-state index in [0.29, 0.717) is 0 Å². The molecule has 1 aliphatic heterocycles. The Morgan fingerprint density at radius 1 is 1.25 bits per heavy atom. The first-order valence-corrected chi connectivity index (χ1v) is 8.01. The van der Waals surface area contributed by atoms with Gasteiger partial charge < -0.3 is 19.3 Å². The van der Waals surface area contributed by atoms with E-state index >= 15 is 0 Å². The highest BCUT2D eigenvalue weighted by molar-refractivity contribution is 5.76. The second-order valence-corrected chi connectivity index (χ2v) is 6.76. The third-order valence-corrected chi connectivity index (χ3v) is 4.02. The van der Waals surface area contributed by atoms with Crippen LogP contribution >= 0.6 is 0 Å². The highest BCUT2D eigenvalue weighted by Gasteiger charge is 2.34. The Labute approximate surface area is 141 Å². The Morgan fingerprint density at radius 2 is 1.83 bits per heavy atom. The first kappa shape index (κ1) is 18.4. The molecule has 1 unspecified atom stereocenters. The van der Waals surface area contributed by atoms with Gasteiger partial charge in [0.15, 0.2) is 6.29 Å². The summed E-state index contributed by atoms with van der Waals surface area (Å²) in [5, 5.41) is 9.14. The van der Waals surface area contributed by atoms with Crippen LogP contribution in [0.25, 0.3) is 0 Å². The zero-order chi connectivity index (χ0) is 17.7. The predicted octanol–water partition coefficient (Wildman–Crippen LogP) is 2.78. The summed E-state index contributed by atoms with van der Waals surface area (Å²) >= 11 is 0. The van der Waals surface area contributed by atoms with Crippen molar-refractivity contribution in [3.8, 4) is 0 Å². The molecule has 132 valence electrons. The normalized spacial score (nSPS) is 22.6. The van der Waals surface area contributed by atoms with Crippen LogP contribution in [0.5, 0.6) is 0 Å². The van der Waals surface area contributed by atoms with Crippen LogP contribution in [0.1, 0.15) is 39.0 Å². The fourth-order valence-electron chi connectivity index (χ4n) is 2.57. The quantitative estimate of drug-likeness (QED) is 0.805. The molecule has 0 amide bonds. The lowest BCUT2D eigenvalue weighted by Crippen LogP contribution is -2.37. The van der Waals surface area contributed by atoms with E-state index in [1.807, 2.05) is 30.3 Å². The van der Waals surface area contributed by atoms with Crippen LogP contribution in [0.2, 0.25) is 0 Å². The molecule has 0 aromatic heterocycles. The molecule has 0 spiro atoms. The molecule has 1 saturated heterocycles. The Kier molecular flexibility index (Phi) is 5.96. The minimum atomic E-state index is -0.976. The van der Waals surface area contributed by atoms with Gasteiger partial charge in [0, 0.05) is 5.56 Å². The number of benzene rings is 1. The van der Waals surface area contributed by atoms with Gasteiger partial charge >= 0.3 is 11.9 Å². The SMILES string of the molecule is CC(CC(C)(C)C(=O)O)C(=O)OC1COC(c2ccccc2)OC1. The highest BCUT2D eigenvalue weighted by atomic mass is 16.7. The van der Waals surface area contributed by atoms with Crippen LogP contribution in [-0.4, -0.2) is 36.4 Å². The number of carbonyl (C=O) groups is 2. The summed E-state index contributed by atoms with van der Waals surface area (Å²) in [6.45, 7) is 5.36. The first-order valence-electron chi connectivity index (χ1n) is 8.01. The molecule has 0 saturated carbocycles. The number of aliphatic carboxylic acids is 1. The third-order valence-electron chi connectivity index (χ3n) is 4.02. The molecule has 1 aromatic rings. The van der Waals surface area contributed by atoms with Crippen molar-refractivity contribution < 1.29 is 28.9 Å². The van der Waals surface area contributed by atoms with E-state index in [1.165, 1.54) is 0 Å². The van der Waals surface area contributed by atoms with Crippen molar-refractivity contribution in [2.24, 2.45) is 11.3 Å². The fourth-order valence-corrected chi connectivity index (χ4v) is 2.57. The van der Waals surface area contributed by atoms with Crippen molar-refractivity contribution >= 4 is 11.9 Å². The lowest BCUT2D eigenvalue weighted by atomic mass is 9.83. The molecular formula is C18H24O6. The predicted molar refractivity (Wildman–Crippen MR) is 86.2 cm³/mol. The third kappa shape index (κ3) is 4.79. The van der Waals surface area contributed by atoms with E-state index in [1.54, 1.807) is 20.8 Å². The monoisotopic (exact) mass is 336 g/mol. The van der Waals surface area contributed by atoms with Gasteiger partial charge in [0.25, 0.3) is 0 Å². The van der Waals surface area contributed by atoms with Gasteiger partial charge in [-0.3, -0.25) is 9.59 Å². The topological polar surface area (TPSA) is 82.1 Å². The zero-order valence-corrected chi connectivity index (χ0v) is 14.2. The number of hydrogen-bond acceptors (Lipinski definition) is 5. The number of carbonyl (C=O) groups excluding carboxylic acids is 1. The molecule has 2 rings (SSSR count). The van der Waals surface area contributed by atoms with E-state index in [9.17, 15) is 9.59 Å². The maximum Gasteiger partial charge on any atom is 0.309 e. The summed E-state index contributed by atoms with van der Waals surface area (Å²) in [4.78, 5) is 23.3. The van der Waals surface area contributed by atoms with Gasteiger partial charge in [0.05, 0.1) is 24.5 Å². The van der Waals surface area contributed by atoms with E-state index in [0.717, 1.165) is 5.56 Å². The van der Waals surface area contributed by atoms with Crippen LogP contribution in [-0.2, 0) is 23.8 Å². The van der Waals surface area contributed by atoms with Crippen molar-refractivity contribution in [3.63, 3.8) is 0 Å². The molecule has 1 aromatic carbocycles. The Bertz CT molecular complexity index is 560. The van der Waals surface area contributed by atoms with Gasteiger partial charge in [-0.05, 0) is 20.3 Å². The number of hydrogen-bond donors (Lipinski definition) is 1. The molecule has 1 atom stereocenters. The number of rotatable bonds is 6. The van der Waals surface area contributed by atoms with Gasteiger partial charge in [-0.2, -0.15) is 0 Å². The molecule has 1 heterocycles. The van der Waals surface area contributed by atoms with E-state index in [-0.39, 0.29) is 19.6 Å². The maximum absolute atomic E-state index is 12.1. The van der Waals surface area contributed by atoms with Gasteiger partial charge in [0.2, 0.25) is 0 Å². The van der Waals surface area contributed by atoms with Crippen molar-refractivity contribution in [1.29, 1.82) is 0 Å². The standard InChI is InChI=1S/C18H24O6/c1-12(9-18(2,3)17(20)21)15(19)24-14-10-22-16(23-11-14)13-7-5-4-6-8-13/h4-8,12,14,16H,9-11H2,1-3H3,(H,20,21). The minimum absolute atomic E-state index is 0.211. The summed E-state index contributed by atoms with van der Waals surface area (Å²) in [6.07, 6.45) is -0.722. The molecule has 6 nitrogen and oxygen atoms in total. The maximum atomic E-state index is 12.1. The Hall–Kier alpha value is -1.92. The molecule has 24 heavy (non-hydrogen) atoms. The second kappa shape index (κ2) is 7.77. The minimum Gasteiger partial charge on any atom is -0.481 e. The zero-order valence-electron chi connectivity index (χ0n) is 14.2. The highest BCUT2D eigenvalue weighted by Crippen LogP contribution is 2.28. The molecule has 0 aliphatic carbocycles. The van der Waals surface area contributed by atoms with E-state index in [4.69, 9.17) is 19.3 Å². The molecule has 6 heteroatoms. The average molecular weight is 336 g/mol. The largest absolute Gasteiger partial charge is 0.481 e. The van der Waals surface area contributed by atoms with Gasteiger partial charge in [0.1, 0.15) is 6.10 Å². The van der Waals surface area contributed by atoms with E-state index < -0.39 is 35.7 Å². The summed E-state index contributed by atoms with van der Waals surface area (Å²) in [5.74, 6) is -1.88. The van der Waals surface area contributed by atoms with E-state index in [2.05, 4.69) is 0 Å². The van der Waals surface area contributed by atoms with Gasteiger partial charge in [-0.25, -0.2) is 0 Å². The summed E-state index contributed by atoms with van der Waals surface area (Å²) < 4.78 is 16.6. The molecule has 0 radical (unpaired) electrons. The fraction of sp³-hybridized carbons (Fsp3) is 0.556. The number of carboxylic acid groups (broad SMARTS) is 1. The van der Waals surface area contributed by atoms with Crippen molar-refractivity contribution in [2.45, 2.75) is 39.6 Å². The number of esters is 1. The number of ether oxygens (including phenoxy) is 3. The molecule has 1 N–H and O–H groups in total. The van der Waals surface area contributed by atoms with Crippen LogP contribution < -0.4 is 0 Å². The lowest BCUT2D eigenvalue weighted by Gasteiger charge is -2.30. The summed E-state index contributed by atoms with van der Waals surface area (Å²) in [7, 11) is 0. The van der Waals surface area contributed by atoms with Crippen LogP contribution in [0.3, 0.4) is 0 Å². The van der Waals surface area contributed by atoms with Crippen LogP contribution in [0.4, 0.5) is 0 Å². The van der Waals surface area contributed by atoms with Crippen LogP contribution in [0.15, 0.2) is 30.3 Å². The molecule has 1 fully saturated rings. The van der Waals surface area contributed by atoms with Gasteiger partial charge in [-0.1, -0.05) is 37.3 Å². The van der Waals surface area contributed by atoms with Gasteiger partial charge in [-0.15, -0.1) is 0 Å². The number of carboxylic acids is 1. The van der Waals surface area contributed by atoms with Crippen LogP contribution in [0, 0.1) is 11.3 Å². The van der Waals surface area contributed by atoms with Crippen molar-refractivity contribution in [1.82, 2.24) is 0 Å². The smallest absolute Gasteiger partial charge is 0.309 e. The molecule has 0 bridgehead atoms. The van der Waals surface area contributed by atoms with Crippen molar-refractivity contribution in [2.75, 3.05) is 13.2 Å². The Balaban J connectivity index is 1.81. The first-order chi connectivity index (χ1) is 11.3. The summed E-state index contributed by atoms with van der Waals surface area (Å²) in [5.41, 5.74) is -0.0602. The van der Waals surface area contributed by atoms with Crippen molar-refractivity contribution in [3.05, 3.63) is 35.9 Å². The molecule has 1 aliphatic rings. The average Bonchev–Trinajstić information content (AvgIpc) is 2.55. The molecular weight excluding hydrogens is 312 g/mol. The lowest BCUT2D eigenvalue weighted by molar-refractivity contribution is -0.231. The second-order valence-electron chi connectivity index (χ2n) is 6.76. The summed E-state index contributed by atoms with van der Waals surface area (Å²) in [6, 6.07) is 9.54.